The maximum absolute atomic E-state index is 12.5. The highest BCUT2D eigenvalue weighted by Gasteiger charge is 2.61. The molecule has 0 bridgehead atoms. The molecule has 0 spiro atoms. The van der Waals surface area contributed by atoms with Crippen LogP contribution in [0.4, 0.5) is 26.3 Å². The predicted octanol–water partition coefficient (Wildman–Crippen LogP) is 2.99. The largest absolute Gasteiger partial charge is 0.402 e. The van der Waals surface area contributed by atoms with Crippen molar-refractivity contribution in [2.45, 2.75) is 22.6 Å². The first-order chi connectivity index (χ1) is 9.79. The molecule has 1 unspecified atom stereocenters. The van der Waals surface area contributed by atoms with Crippen molar-refractivity contribution in [2.24, 2.45) is 5.92 Å². The molecule has 0 saturated heterocycles. The zero-order valence-electron chi connectivity index (χ0n) is 10.1. The minimum Gasteiger partial charge on any atom is -0.302 e. The average molecular weight is 390 g/mol. The molecule has 4 nitrogen and oxygen atoms in total. The van der Waals surface area contributed by atoms with E-state index in [1.54, 1.807) is 0 Å². The Labute approximate surface area is 129 Å². The molecule has 0 aliphatic carbocycles. The van der Waals surface area contributed by atoms with Crippen molar-refractivity contribution in [3.05, 3.63) is 16.5 Å². The summed E-state index contributed by atoms with van der Waals surface area (Å²) in [5.74, 6) is -4.16. The lowest BCUT2D eigenvalue weighted by atomic mass is 10.0. The lowest BCUT2D eigenvalue weighted by Gasteiger charge is -2.27. The highest BCUT2D eigenvalue weighted by Crippen LogP contribution is 2.41. The third kappa shape index (κ3) is 4.57. The molecule has 1 N–H and O–H groups in total. The van der Waals surface area contributed by atoms with Crippen LogP contribution in [-0.4, -0.2) is 33.1 Å². The molecule has 0 fully saturated rings. The average Bonchev–Trinajstić information content (AvgIpc) is 2.71. The van der Waals surface area contributed by atoms with Crippen LogP contribution in [0.5, 0.6) is 0 Å². The Balaban J connectivity index is 3.18. The molecule has 13 heteroatoms. The monoisotopic (exact) mass is 389 g/mol. The van der Waals surface area contributed by atoms with Gasteiger partial charge in [-0.3, -0.25) is 0 Å². The number of carbonyl (C=O) groups excluding carboxylic acids is 1. The van der Waals surface area contributed by atoms with E-state index in [0.29, 0.717) is 11.3 Å². The lowest BCUT2D eigenvalue weighted by molar-refractivity contribution is -0.287. The van der Waals surface area contributed by atoms with Crippen molar-refractivity contribution in [1.29, 1.82) is 0 Å². The van der Waals surface area contributed by atoms with Gasteiger partial charge in [0, 0.05) is 0 Å². The molecular formula is C9H6ClF6NO3S2. The topological polar surface area (TPSA) is 63.2 Å². The van der Waals surface area contributed by atoms with Gasteiger partial charge in [0.15, 0.2) is 5.92 Å². The van der Waals surface area contributed by atoms with Gasteiger partial charge in [-0.05, 0) is 12.1 Å². The summed E-state index contributed by atoms with van der Waals surface area (Å²) in [5, 5.41) is 0. The second kappa shape index (κ2) is 6.34. The summed E-state index contributed by atoms with van der Waals surface area (Å²) in [6.07, 6.45) is -12.5. The van der Waals surface area contributed by atoms with E-state index in [2.05, 4.69) is 0 Å². The van der Waals surface area contributed by atoms with Crippen molar-refractivity contribution in [3.8, 4) is 0 Å². The molecule has 1 heterocycles. The van der Waals surface area contributed by atoms with Crippen molar-refractivity contribution >= 4 is 39.2 Å². The van der Waals surface area contributed by atoms with Gasteiger partial charge in [0.05, 0.1) is 10.4 Å². The molecule has 0 aromatic carbocycles. The van der Waals surface area contributed by atoms with Gasteiger partial charge in [-0.25, -0.2) is 8.42 Å². The summed E-state index contributed by atoms with van der Waals surface area (Å²) in [5.41, 5.74) is 0. The van der Waals surface area contributed by atoms with Crippen LogP contribution < -0.4 is 4.72 Å². The third-order valence-corrected chi connectivity index (χ3v) is 5.50. The van der Waals surface area contributed by atoms with Crippen LogP contribution in [0, 0.1) is 5.92 Å². The van der Waals surface area contributed by atoms with Gasteiger partial charge in [0.25, 0.3) is 10.0 Å². The SMILES string of the molecule is O=CC(NS(=O)(=O)c1ccc(Cl)s1)C(C(F)(F)F)C(F)(F)F. The van der Waals surface area contributed by atoms with Gasteiger partial charge < -0.3 is 4.79 Å². The Morgan fingerprint density at radius 3 is 1.95 bits per heavy atom. The van der Waals surface area contributed by atoms with E-state index < -0.39 is 44.8 Å². The Kier molecular flexibility index (Phi) is 5.53. The van der Waals surface area contributed by atoms with Crippen LogP contribution in [0.15, 0.2) is 16.3 Å². The number of thiophene rings is 1. The minimum atomic E-state index is -5.86. The fraction of sp³-hybridized carbons (Fsp3) is 0.444. The van der Waals surface area contributed by atoms with E-state index in [-0.39, 0.29) is 4.34 Å². The maximum Gasteiger partial charge on any atom is 0.402 e. The summed E-state index contributed by atoms with van der Waals surface area (Å²) in [7, 11) is -4.76. The van der Waals surface area contributed by atoms with E-state index in [9.17, 15) is 39.6 Å². The predicted molar refractivity (Wildman–Crippen MR) is 65.1 cm³/mol. The molecule has 1 aromatic rings. The van der Waals surface area contributed by atoms with Gasteiger partial charge in [-0.1, -0.05) is 11.6 Å². The molecular weight excluding hydrogens is 384 g/mol. The number of aldehydes is 1. The Hall–Kier alpha value is -0.850. The van der Waals surface area contributed by atoms with Crippen molar-refractivity contribution in [3.63, 3.8) is 0 Å². The lowest BCUT2D eigenvalue weighted by Crippen LogP contribution is -2.53. The molecule has 1 atom stereocenters. The Morgan fingerprint density at radius 2 is 1.64 bits per heavy atom. The summed E-state index contributed by atoms with van der Waals surface area (Å²) in [4.78, 5) is 10.6. The molecule has 0 aliphatic rings. The maximum atomic E-state index is 12.5. The van der Waals surface area contributed by atoms with Gasteiger partial charge in [0.1, 0.15) is 10.5 Å². The number of nitrogens with one attached hydrogen (secondary N) is 1. The second-order valence-corrected chi connectivity index (χ2v) is 7.56. The first kappa shape index (κ1) is 19.2. The van der Waals surface area contributed by atoms with E-state index in [0.717, 1.165) is 16.9 Å². The standard InChI is InChI=1S/C9H6ClF6NO3S2/c10-5-1-2-6(21-5)22(19,20)17-4(3-18)7(8(11,12)13)9(14,15)16/h1-4,7,17H. The zero-order chi connectivity index (χ0) is 17.3. The highest BCUT2D eigenvalue weighted by atomic mass is 35.5. The van der Waals surface area contributed by atoms with Gasteiger partial charge in [-0.15, -0.1) is 11.3 Å². The Morgan fingerprint density at radius 1 is 1.14 bits per heavy atom. The van der Waals surface area contributed by atoms with E-state index in [4.69, 9.17) is 11.6 Å². The van der Waals surface area contributed by atoms with Crippen molar-refractivity contribution < 1.29 is 39.6 Å². The van der Waals surface area contributed by atoms with Crippen LogP contribution in [0.2, 0.25) is 4.34 Å². The molecule has 1 aromatic heterocycles. The summed E-state index contributed by atoms with van der Waals surface area (Å²) >= 11 is 5.85. The normalized spacial score (nSPS) is 15.1. The van der Waals surface area contributed by atoms with Crippen LogP contribution >= 0.6 is 22.9 Å². The van der Waals surface area contributed by atoms with Gasteiger partial charge >= 0.3 is 12.4 Å². The molecule has 1 rings (SSSR count). The molecule has 0 amide bonds. The molecule has 0 aliphatic heterocycles. The number of carbonyl (C=O) groups is 1. The van der Waals surface area contributed by atoms with Crippen molar-refractivity contribution in [2.75, 3.05) is 0 Å². The van der Waals surface area contributed by atoms with Gasteiger partial charge in [-0.2, -0.15) is 31.1 Å². The number of alkyl halides is 6. The van der Waals surface area contributed by atoms with Crippen LogP contribution in [0.3, 0.4) is 0 Å². The first-order valence-electron chi connectivity index (χ1n) is 5.15. The van der Waals surface area contributed by atoms with E-state index in [1.165, 1.54) is 0 Å². The smallest absolute Gasteiger partial charge is 0.302 e. The fourth-order valence-corrected chi connectivity index (χ4v) is 4.13. The second-order valence-electron chi connectivity index (χ2n) is 3.90. The summed E-state index contributed by atoms with van der Waals surface area (Å²) < 4.78 is 98.9. The van der Waals surface area contributed by atoms with Gasteiger partial charge in [0.2, 0.25) is 0 Å². The quantitative estimate of drug-likeness (QED) is 0.622. The van der Waals surface area contributed by atoms with Crippen molar-refractivity contribution in [1.82, 2.24) is 4.72 Å². The van der Waals surface area contributed by atoms with Crippen LogP contribution in [0.25, 0.3) is 0 Å². The molecule has 0 radical (unpaired) electrons. The number of hydrogen-bond acceptors (Lipinski definition) is 4. The minimum absolute atomic E-state index is 0.0498. The summed E-state index contributed by atoms with van der Waals surface area (Å²) in [6.45, 7) is 0. The fourth-order valence-electron chi connectivity index (χ4n) is 1.45. The highest BCUT2D eigenvalue weighted by molar-refractivity contribution is 7.91. The van der Waals surface area contributed by atoms with Crippen LogP contribution in [-0.2, 0) is 14.8 Å². The molecule has 126 valence electrons. The Bertz CT molecular complexity index is 625. The summed E-state index contributed by atoms with van der Waals surface area (Å²) in [6, 6.07) is -1.08. The molecule has 22 heavy (non-hydrogen) atoms. The number of sulfonamides is 1. The number of hydrogen-bond donors (Lipinski definition) is 1. The number of rotatable bonds is 5. The third-order valence-electron chi connectivity index (χ3n) is 2.32. The van der Waals surface area contributed by atoms with E-state index >= 15 is 0 Å². The molecule has 0 saturated carbocycles. The number of halogens is 7. The zero-order valence-corrected chi connectivity index (χ0v) is 12.5. The van der Waals surface area contributed by atoms with Crippen LogP contribution in [0.1, 0.15) is 0 Å². The van der Waals surface area contributed by atoms with E-state index in [1.807, 2.05) is 0 Å². The first-order valence-corrected chi connectivity index (χ1v) is 7.83.